The number of carboxylic acid groups (broad SMARTS) is 1. The molecule has 3 aromatic rings. The molecule has 0 bridgehead atoms. The lowest BCUT2D eigenvalue weighted by Gasteiger charge is -2.41. The number of allylic oxidation sites excluding steroid dienone is 1. The first-order valence-corrected chi connectivity index (χ1v) is 15.7. The maximum atomic E-state index is 14.6. The molecule has 11 nitrogen and oxygen atoms in total. The quantitative estimate of drug-likeness (QED) is 0.235. The Morgan fingerprint density at radius 3 is 2.56 bits per heavy atom. The van der Waals surface area contributed by atoms with Crippen molar-refractivity contribution in [3.8, 4) is 0 Å². The smallest absolute Gasteiger partial charge is 0.338 e. The number of carbonyl (C=O) groups is 2. The van der Waals surface area contributed by atoms with Gasteiger partial charge in [-0.05, 0) is 38.7 Å². The lowest BCUT2D eigenvalue weighted by Crippen LogP contribution is -2.45. The van der Waals surface area contributed by atoms with Crippen molar-refractivity contribution in [2.75, 3.05) is 24.6 Å². The van der Waals surface area contributed by atoms with E-state index in [9.17, 15) is 23.5 Å². The highest BCUT2D eigenvalue weighted by molar-refractivity contribution is 7.11. The molecule has 1 unspecified atom stereocenters. The third-order valence-corrected chi connectivity index (χ3v) is 9.59. The molecule has 1 saturated carbocycles. The monoisotopic (exact) mass is 658 g/mol. The summed E-state index contributed by atoms with van der Waals surface area (Å²) in [6.45, 7) is 2.87. The Balaban J connectivity index is 1.28. The van der Waals surface area contributed by atoms with Crippen LogP contribution in [0.1, 0.15) is 54.9 Å². The largest absolute Gasteiger partial charge is 0.481 e. The Morgan fingerprint density at radius 1 is 1.18 bits per heavy atom. The highest BCUT2D eigenvalue weighted by Gasteiger charge is 2.49. The lowest BCUT2D eigenvalue weighted by molar-refractivity contribution is -0.160. The second kappa shape index (κ2) is 12.4. The minimum Gasteiger partial charge on any atom is -0.481 e. The van der Waals surface area contributed by atoms with Crippen molar-refractivity contribution in [2.24, 2.45) is 16.8 Å². The highest BCUT2D eigenvalue weighted by Crippen LogP contribution is 2.45. The highest BCUT2D eigenvalue weighted by atomic mass is 35.5. The van der Waals surface area contributed by atoms with E-state index in [1.165, 1.54) is 23.6 Å². The molecular weight excluding hydrogens is 630 g/mol. The van der Waals surface area contributed by atoms with Crippen LogP contribution in [-0.4, -0.2) is 62.6 Å². The number of ether oxygens (including phenoxy) is 1. The Hall–Kier alpha value is -4.01. The molecule has 3 N–H and O–H groups in total. The third kappa shape index (κ3) is 5.89. The van der Waals surface area contributed by atoms with Crippen LogP contribution in [0.25, 0.3) is 0 Å². The van der Waals surface area contributed by atoms with E-state index < -0.39 is 46.2 Å². The molecule has 0 radical (unpaired) electrons. The Kier molecular flexibility index (Phi) is 8.55. The van der Waals surface area contributed by atoms with Crippen LogP contribution in [0, 0.1) is 23.5 Å². The van der Waals surface area contributed by atoms with Crippen molar-refractivity contribution in [3.05, 3.63) is 80.3 Å². The zero-order valence-corrected chi connectivity index (χ0v) is 25.6. The topological polar surface area (TPSA) is 150 Å². The van der Waals surface area contributed by atoms with Gasteiger partial charge in [-0.2, -0.15) is 0 Å². The number of rotatable bonds is 8. The number of aliphatic imine (C=N–C) groups is 1. The number of halogens is 3. The van der Waals surface area contributed by atoms with Crippen LogP contribution in [0.5, 0.6) is 0 Å². The number of nitrogens with zero attached hydrogens (tertiary/aromatic N) is 5. The van der Waals surface area contributed by atoms with Crippen LogP contribution < -0.4 is 10.2 Å². The zero-order chi connectivity index (χ0) is 31.9. The predicted octanol–water partition coefficient (Wildman–Crippen LogP) is 4.37. The van der Waals surface area contributed by atoms with Crippen LogP contribution in [0.3, 0.4) is 0 Å². The van der Waals surface area contributed by atoms with Crippen LogP contribution >= 0.6 is 22.9 Å². The average Bonchev–Trinajstić information content (AvgIpc) is 3.57. The van der Waals surface area contributed by atoms with Gasteiger partial charge < -0.3 is 25.2 Å². The van der Waals surface area contributed by atoms with Crippen molar-refractivity contribution in [2.45, 2.75) is 44.2 Å². The van der Waals surface area contributed by atoms with Crippen molar-refractivity contribution in [1.82, 2.24) is 20.3 Å². The Bertz CT molecular complexity index is 1670. The number of anilines is 1. The van der Waals surface area contributed by atoms with Gasteiger partial charge in [0.1, 0.15) is 17.5 Å². The summed E-state index contributed by atoms with van der Waals surface area (Å²) < 4.78 is 34.1. The Morgan fingerprint density at radius 2 is 1.93 bits per heavy atom. The zero-order valence-electron chi connectivity index (χ0n) is 24.0. The van der Waals surface area contributed by atoms with Gasteiger partial charge in [-0.15, -0.1) is 11.3 Å². The first-order chi connectivity index (χ1) is 21.6. The van der Waals surface area contributed by atoms with E-state index in [-0.39, 0.29) is 36.5 Å². The van der Waals surface area contributed by atoms with E-state index in [4.69, 9.17) is 26.4 Å². The number of esters is 1. The van der Waals surface area contributed by atoms with Gasteiger partial charge >= 0.3 is 11.9 Å². The van der Waals surface area contributed by atoms with Crippen molar-refractivity contribution in [1.29, 1.82) is 0 Å². The summed E-state index contributed by atoms with van der Waals surface area (Å²) in [7, 11) is 0. The van der Waals surface area contributed by atoms with Crippen LogP contribution in [0.2, 0.25) is 5.02 Å². The van der Waals surface area contributed by atoms with E-state index in [2.05, 4.69) is 20.3 Å². The van der Waals surface area contributed by atoms with Gasteiger partial charge in [0.25, 0.3) is 0 Å². The predicted molar refractivity (Wildman–Crippen MR) is 161 cm³/mol. The number of hydrogen-bond donors (Lipinski definition) is 3. The molecule has 236 valence electrons. The van der Waals surface area contributed by atoms with E-state index in [1.807, 2.05) is 4.90 Å². The first-order valence-electron chi connectivity index (χ1n) is 14.4. The van der Waals surface area contributed by atoms with Crippen LogP contribution in [-0.2, 0) is 19.9 Å². The summed E-state index contributed by atoms with van der Waals surface area (Å²) in [4.78, 5) is 44.6. The average molecular weight is 659 g/mol. The maximum Gasteiger partial charge on any atom is 0.338 e. The van der Waals surface area contributed by atoms with Crippen molar-refractivity contribution < 1.29 is 33.3 Å². The summed E-state index contributed by atoms with van der Waals surface area (Å²) in [6.07, 6.45) is 6.03. The van der Waals surface area contributed by atoms with Crippen molar-refractivity contribution in [3.63, 3.8) is 0 Å². The van der Waals surface area contributed by atoms with E-state index in [0.717, 1.165) is 6.07 Å². The number of aliphatic hydroxyl groups is 1. The SMILES string of the molecule is CCOC(=O)C1=C(C2CCN(c3cnc(C4(O)CC(C(=O)O)C4)cn3)CC2)NC(c2nccs2)=NC1c1ccc(F)c(F)c1Cl. The number of piperidine rings is 1. The first kappa shape index (κ1) is 31.0. The van der Waals surface area contributed by atoms with Gasteiger partial charge in [-0.1, -0.05) is 17.7 Å². The fourth-order valence-electron chi connectivity index (χ4n) is 6.01. The normalized spacial score (nSPS) is 23.7. The van der Waals surface area contributed by atoms with Crippen molar-refractivity contribution >= 4 is 46.5 Å². The fourth-order valence-corrected chi connectivity index (χ4v) is 6.85. The number of amidine groups is 1. The second-order valence-corrected chi connectivity index (χ2v) is 12.4. The minimum absolute atomic E-state index is 0.0930. The number of carbonyl (C=O) groups excluding carboxylic acids is 1. The summed E-state index contributed by atoms with van der Waals surface area (Å²) in [5, 5.41) is 25.1. The van der Waals surface area contributed by atoms with Crippen LogP contribution in [0.15, 0.2) is 52.4 Å². The minimum atomic E-state index is -1.30. The molecule has 0 amide bonds. The summed E-state index contributed by atoms with van der Waals surface area (Å²) >= 11 is 7.62. The van der Waals surface area contributed by atoms with Gasteiger partial charge in [-0.25, -0.2) is 23.5 Å². The molecule has 2 aromatic heterocycles. The van der Waals surface area contributed by atoms with Gasteiger partial charge in [0.15, 0.2) is 22.5 Å². The van der Waals surface area contributed by atoms with Crippen LogP contribution in [0.4, 0.5) is 14.6 Å². The second-order valence-electron chi connectivity index (χ2n) is 11.2. The molecule has 2 aliphatic heterocycles. The number of hydrogen-bond acceptors (Lipinski definition) is 11. The molecule has 45 heavy (non-hydrogen) atoms. The number of benzene rings is 1. The van der Waals surface area contributed by atoms with Gasteiger partial charge in [0.2, 0.25) is 0 Å². The van der Waals surface area contributed by atoms with E-state index in [1.54, 1.807) is 24.7 Å². The molecule has 1 saturated heterocycles. The van der Waals surface area contributed by atoms with E-state index >= 15 is 0 Å². The molecule has 2 fully saturated rings. The number of aliphatic carboxylic acids is 1. The maximum absolute atomic E-state index is 14.6. The van der Waals surface area contributed by atoms with Gasteiger partial charge in [0, 0.05) is 41.8 Å². The summed E-state index contributed by atoms with van der Waals surface area (Å²) in [5.74, 6) is -3.72. The molecule has 0 spiro atoms. The molecule has 3 aliphatic rings. The Labute approximate surface area is 265 Å². The molecular formula is C30H29ClF2N6O5S. The summed E-state index contributed by atoms with van der Waals surface area (Å²) in [6, 6.07) is 1.21. The molecule has 1 atom stereocenters. The number of thiazole rings is 1. The number of carboxylic acids is 1. The van der Waals surface area contributed by atoms with E-state index in [0.29, 0.717) is 54.0 Å². The number of nitrogens with one attached hydrogen (secondary N) is 1. The molecule has 15 heteroatoms. The lowest BCUT2D eigenvalue weighted by atomic mass is 9.69. The standard InChI is InChI=1S/C30H29ClF2N6O5S/c1-2-44-29(42)21-24(37-26(27-34-7-10-45-27)38-25(21)17-3-4-18(32)23(33)22(17)31)15-5-8-39(9-6-15)20-14-35-19(13-36-20)30(43)11-16(12-30)28(40)41/h3-4,7,10,13-16,25,43H,2,5-6,8-9,11-12H2,1H3,(H,37,38)(H,40,41). The van der Waals surface area contributed by atoms with Gasteiger partial charge in [0.05, 0.1) is 41.2 Å². The number of aromatic nitrogens is 3. The molecule has 1 aromatic carbocycles. The fraction of sp³-hybridized carbons (Fsp3) is 0.400. The molecule has 1 aliphatic carbocycles. The molecule has 6 rings (SSSR count). The summed E-state index contributed by atoms with van der Waals surface area (Å²) in [5.41, 5.74) is -0.109. The van der Waals surface area contributed by atoms with Gasteiger partial charge in [-0.3, -0.25) is 14.8 Å². The molecule has 4 heterocycles. The third-order valence-electron chi connectivity index (χ3n) is 8.42.